The molecular formula is C27H25N5O4S3. The Hall–Kier alpha value is -4.13. The molecule has 2 aromatic carbocycles. The Labute approximate surface area is 237 Å². The Morgan fingerprint density at radius 3 is 2.36 bits per heavy atom. The van der Waals surface area contributed by atoms with Gasteiger partial charge in [-0.05, 0) is 31.2 Å². The number of nitrogens with zero attached hydrogens (tertiary/aromatic N) is 2. The molecule has 0 atom stereocenters. The third-order valence-electron chi connectivity index (χ3n) is 5.65. The fraction of sp³-hybridized carbons (Fsp3) is 0.148. The SMILES string of the molecule is COc1cc(Nc2nc(N)c(-c3nc(-c4cccc(NC(=O)c5ccc(C)s5)c4)cs3)s2)cc(OC)c1OC. The molecule has 9 nitrogen and oxygen atoms in total. The molecule has 0 aliphatic heterocycles. The minimum Gasteiger partial charge on any atom is -0.493 e. The van der Waals surface area contributed by atoms with Crippen molar-refractivity contribution < 1.29 is 19.0 Å². The molecule has 4 N–H and O–H groups in total. The number of hydrogen-bond donors (Lipinski definition) is 3. The first-order chi connectivity index (χ1) is 18.9. The molecule has 0 aliphatic carbocycles. The van der Waals surface area contributed by atoms with E-state index in [2.05, 4.69) is 15.6 Å². The number of rotatable bonds is 9. The number of methoxy groups -OCH3 is 3. The van der Waals surface area contributed by atoms with Gasteiger partial charge in [-0.3, -0.25) is 4.79 Å². The second kappa shape index (κ2) is 11.3. The fourth-order valence-corrected chi connectivity index (χ4v) is 6.43. The number of anilines is 4. The third kappa shape index (κ3) is 5.67. The molecule has 0 saturated heterocycles. The number of carbonyl (C=O) groups is 1. The summed E-state index contributed by atoms with van der Waals surface area (Å²) in [5.41, 5.74) is 9.36. The Kier molecular flexibility index (Phi) is 7.68. The van der Waals surface area contributed by atoms with Crippen LogP contribution in [0.4, 0.5) is 22.3 Å². The van der Waals surface area contributed by atoms with E-state index in [1.807, 2.05) is 48.7 Å². The molecule has 5 rings (SSSR count). The summed E-state index contributed by atoms with van der Waals surface area (Å²) in [6.45, 7) is 1.98. The van der Waals surface area contributed by atoms with Crippen molar-refractivity contribution in [3.8, 4) is 38.4 Å². The van der Waals surface area contributed by atoms with Gasteiger partial charge in [0.25, 0.3) is 5.91 Å². The second-order valence-electron chi connectivity index (χ2n) is 8.26. The number of nitrogens with one attached hydrogen (secondary N) is 2. The largest absolute Gasteiger partial charge is 0.493 e. The average molecular weight is 580 g/mol. The summed E-state index contributed by atoms with van der Waals surface area (Å²) in [5, 5.41) is 9.54. The number of nitrogens with two attached hydrogens (primary N) is 1. The Bertz CT molecular complexity index is 1620. The number of thiazole rings is 2. The van der Waals surface area contributed by atoms with Gasteiger partial charge in [0.05, 0.1) is 31.9 Å². The number of benzene rings is 2. The van der Waals surface area contributed by atoms with Gasteiger partial charge in [0.1, 0.15) is 15.7 Å². The zero-order valence-corrected chi connectivity index (χ0v) is 24.0. The van der Waals surface area contributed by atoms with Gasteiger partial charge in [-0.25, -0.2) is 9.97 Å². The molecule has 0 radical (unpaired) electrons. The number of aromatic nitrogens is 2. The summed E-state index contributed by atoms with van der Waals surface area (Å²) in [5.74, 6) is 1.80. The maximum Gasteiger partial charge on any atom is 0.265 e. The van der Waals surface area contributed by atoms with E-state index in [0.717, 1.165) is 26.0 Å². The number of thiophene rings is 1. The molecule has 0 unspecified atom stereocenters. The first-order valence-corrected chi connectivity index (χ1v) is 14.2. The highest BCUT2D eigenvalue weighted by atomic mass is 32.1. The second-order valence-corrected chi connectivity index (χ2v) is 11.4. The minimum absolute atomic E-state index is 0.131. The van der Waals surface area contributed by atoms with Crippen LogP contribution in [0, 0.1) is 6.92 Å². The molecule has 0 spiro atoms. The maximum atomic E-state index is 12.6. The number of aryl methyl sites for hydroxylation is 1. The quantitative estimate of drug-likeness (QED) is 0.172. The van der Waals surface area contributed by atoms with E-state index < -0.39 is 0 Å². The molecular weight excluding hydrogens is 555 g/mol. The Morgan fingerprint density at radius 2 is 1.69 bits per heavy atom. The van der Waals surface area contributed by atoms with E-state index in [9.17, 15) is 4.79 Å². The van der Waals surface area contributed by atoms with Crippen LogP contribution in [0.5, 0.6) is 17.2 Å². The van der Waals surface area contributed by atoms with Crippen molar-refractivity contribution in [2.24, 2.45) is 0 Å². The molecule has 0 saturated carbocycles. The Morgan fingerprint density at radius 1 is 0.923 bits per heavy atom. The summed E-state index contributed by atoms with van der Waals surface area (Å²) >= 11 is 4.34. The first kappa shape index (κ1) is 26.5. The lowest BCUT2D eigenvalue weighted by Crippen LogP contribution is -2.09. The van der Waals surface area contributed by atoms with E-state index >= 15 is 0 Å². The standard InChI is InChI=1S/C27H25N5O4S3/c1-14-8-9-21(38-14)25(33)29-16-7-5-6-15(10-16)18-13-37-26(31-18)23-24(28)32-27(39-23)30-17-11-19(34-2)22(36-4)20(12-17)35-3/h5-13H,28H2,1-4H3,(H,29,33)(H,30,32). The summed E-state index contributed by atoms with van der Waals surface area (Å²) in [6.07, 6.45) is 0. The van der Waals surface area contributed by atoms with Gasteiger partial charge in [-0.1, -0.05) is 23.5 Å². The van der Waals surface area contributed by atoms with Crippen molar-refractivity contribution in [2.45, 2.75) is 6.92 Å². The van der Waals surface area contributed by atoms with E-state index in [4.69, 9.17) is 24.9 Å². The highest BCUT2D eigenvalue weighted by Gasteiger charge is 2.18. The topological polar surface area (TPSA) is 121 Å². The molecule has 39 heavy (non-hydrogen) atoms. The molecule has 3 heterocycles. The van der Waals surface area contributed by atoms with Crippen molar-refractivity contribution >= 4 is 62.2 Å². The van der Waals surface area contributed by atoms with Crippen LogP contribution < -0.4 is 30.6 Å². The predicted molar refractivity (Wildman–Crippen MR) is 159 cm³/mol. The van der Waals surface area contributed by atoms with E-state index in [1.54, 1.807) is 33.5 Å². The summed E-state index contributed by atoms with van der Waals surface area (Å²) in [6, 6.07) is 15.0. The lowest BCUT2D eigenvalue weighted by atomic mass is 10.1. The van der Waals surface area contributed by atoms with Crippen LogP contribution in [0.3, 0.4) is 0 Å². The molecule has 0 fully saturated rings. The number of carbonyl (C=O) groups excluding carboxylic acids is 1. The Balaban J connectivity index is 1.35. The molecule has 0 bridgehead atoms. The number of ether oxygens (including phenoxy) is 3. The van der Waals surface area contributed by atoms with E-state index in [1.165, 1.54) is 34.0 Å². The maximum absolute atomic E-state index is 12.6. The highest BCUT2D eigenvalue weighted by molar-refractivity contribution is 7.23. The van der Waals surface area contributed by atoms with Crippen molar-refractivity contribution in [3.05, 3.63) is 63.7 Å². The highest BCUT2D eigenvalue weighted by Crippen LogP contribution is 2.43. The van der Waals surface area contributed by atoms with Crippen molar-refractivity contribution in [1.29, 1.82) is 0 Å². The number of nitrogen functional groups attached to an aromatic ring is 1. The zero-order chi connectivity index (χ0) is 27.5. The van der Waals surface area contributed by atoms with Crippen LogP contribution in [-0.2, 0) is 0 Å². The molecule has 1 amide bonds. The molecule has 200 valence electrons. The monoisotopic (exact) mass is 579 g/mol. The fourth-order valence-electron chi connectivity index (χ4n) is 3.83. The van der Waals surface area contributed by atoms with Crippen LogP contribution in [-0.4, -0.2) is 37.2 Å². The van der Waals surface area contributed by atoms with E-state index in [0.29, 0.717) is 44.4 Å². The lowest BCUT2D eigenvalue weighted by molar-refractivity contribution is 0.103. The van der Waals surface area contributed by atoms with Crippen LogP contribution in [0.1, 0.15) is 14.5 Å². The third-order valence-corrected chi connectivity index (χ3v) is 8.63. The molecule has 3 aromatic heterocycles. The smallest absolute Gasteiger partial charge is 0.265 e. The zero-order valence-electron chi connectivity index (χ0n) is 21.5. The van der Waals surface area contributed by atoms with Gasteiger partial charge < -0.3 is 30.6 Å². The summed E-state index contributed by atoms with van der Waals surface area (Å²) < 4.78 is 16.3. The number of amides is 1. The summed E-state index contributed by atoms with van der Waals surface area (Å²) in [7, 11) is 4.69. The van der Waals surface area contributed by atoms with Crippen LogP contribution in [0.25, 0.3) is 21.1 Å². The van der Waals surface area contributed by atoms with Crippen LogP contribution in [0.2, 0.25) is 0 Å². The van der Waals surface area contributed by atoms with Crippen LogP contribution >= 0.6 is 34.0 Å². The van der Waals surface area contributed by atoms with Crippen LogP contribution in [0.15, 0.2) is 53.9 Å². The van der Waals surface area contributed by atoms with Gasteiger partial charge in [0, 0.05) is 39.3 Å². The van der Waals surface area contributed by atoms with Gasteiger partial charge in [-0.15, -0.1) is 22.7 Å². The van der Waals surface area contributed by atoms with Crippen molar-refractivity contribution in [2.75, 3.05) is 37.7 Å². The average Bonchev–Trinajstić information content (AvgIpc) is 3.68. The lowest BCUT2D eigenvalue weighted by Gasteiger charge is -2.14. The van der Waals surface area contributed by atoms with Gasteiger partial charge in [0.2, 0.25) is 5.75 Å². The molecule has 0 aliphatic rings. The molecule has 12 heteroatoms. The summed E-state index contributed by atoms with van der Waals surface area (Å²) in [4.78, 5) is 24.4. The first-order valence-electron chi connectivity index (χ1n) is 11.7. The molecule has 5 aromatic rings. The van der Waals surface area contributed by atoms with Crippen molar-refractivity contribution in [3.63, 3.8) is 0 Å². The minimum atomic E-state index is -0.131. The van der Waals surface area contributed by atoms with E-state index in [-0.39, 0.29) is 5.91 Å². The van der Waals surface area contributed by atoms with Crippen molar-refractivity contribution in [1.82, 2.24) is 9.97 Å². The number of hydrogen-bond acceptors (Lipinski definition) is 11. The van der Waals surface area contributed by atoms with Gasteiger partial charge in [-0.2, -0.15) is 0 Å². The van der Waals surface area contributed by atoms with Gasteiger partial charge >= 0.3 is 0 Å². The normalized spacial score (nSPS) is 10.8. The van der Waals surface area contributed by atoms with Gasteiger partial charge in [0.15, 0.2) is 16.6 Å². The predicted octanol–water partition coefficient (Wildman–Crippen LogP) is 6.91.